The second-order valence-electron chi connectivity index (χ2n) is 5.09. The predicted molar refractivity (Wildman–Crippen MR) is 76.1 cm³/mol. The van der Waals surface area contributed by atoms with Crippen molar-refractivity contribution in [2.75, 3.05) is 0 Å². The van der Waals surface area contributed by atoms with E-state index in [2.05, 4.69) is 17.5 Å². The predicted octanol–water partition coefficient (Wildman–Crippen LogP) is 2.29. The zero-order valence-corrected chi connectivity index (χ0v) is 11.3. The van der Waals surface area contributed by atoms with Crippen molar-refractivity contribution in [2.45, 2.75) is 32.2 Å². The largest absolute Gasteiger partial charge is 0.481 e. The van der Waals surface area contributed by atoms with Crippen LogP contribution < -0.4 is 5.32 Å². The summed E-state index contributed by atoms with van der Waals surface area (Å²) in [7, 11) is 0. The van der Waals surface area contributed by atoms with Crippen molar-refractivity contribution in [1.82, 2.24) is 5.32 Å². The summed E-state index contributed by atoms with van der Waals surface area (Å²) in [6, 6.07) is 7.31. The zero-order valence-electron chi connectivity index (χ0n) is 11.3. The number of hydrogen-bond donors (Lipinski definition) is 2. The van der Waals surface area contributed by atoms with E-state index in [4.69, 9.17) is 5.11 Å². The molecule has 20 heavy (non-hydrogen) atoms. The van der Waals surface area contributed by atoms with E-state index in [-0.39, 0.29) is 12.3 Å². The Morgan fingerprint density at radius 2 is 2.00 bits per heavy atom. The fourth-order valence-corrected chi connectivity index (χ4v) is 2.43. The first-order valence-corrected chi connectivity index (χ1v) is 6.87. The van der Waals surface area contributed by atoms with Gasteiger partial charge in [0.25, 0.3) is 0 Å². The van der Waals surface area contributed by atoms with Gasteiger partial charge < -0.3 is 10.4 Å². The molecule has 2 rings (SSSR count). The van der Waals surface area contributed by atoms with Gasteiger partial charge in [-0.15, -0.1) is 0 Å². The standard InChI is InChI=1S/C16H19NO3/c18-15(9-12-5-1-2-6-12)17-11-14-8-4-3-7-13(14)10-16(19)20/h1,3-5,7-8,12H,2,6,9-11H2,(H,17,18)(H,19,20). The summed E-state index contributed by atoms with van der Waals surface area (Å²) in [4.78, 5) is 22.6. The molecule has 1 atom stereocenters. The van der Waals surface area contributed by atoms with Gasteiger partial charge in [-0.2, -0.15) is 0 Å². The first-order chi connectivity index (χ1) is 9.65. The summed E-state index contributed by atoms with van der Waals surface area (Å²) in [5.41, 5.74) is 1.62. The van der Waals surface area contributed by atoms with E-state index in [0.717, 1.165) is 24.0 Å². The van der Waals surface area contributed by atoms with Crippen LogP contribution in [0.15, 0.2) is 36.4 Å². The van der Waals surface area contributed by atoms with Crippen LogP contribution in [0.1, 0.15) is 30.4 Å². The molecule has 0 aromatic heterocycles. The molecule has 0 heterocycles. The Labute approximate surface area is 118 Å². The molecule has 2 N–H and O–H groups in total. The number of amides is 1. The molecule has 1 aliphatic carbocycles. The minimum atomic E-state index is -0.861. The van der Waals surface area contributed by atoms with Crippen molar-refractivity contribution in [3.63, 3.8) is 0 Å². The van der Waals surface area contributed by atoms with Gasteiger partial charge in [0.1, 0.15) is 0 Å². The van der Waals surface area contributed by atoms with Gasteiger partial charge in [0.05, 0.1) is 6.42 Å². The van der Waals surface area contributed by atoms with E-state index in [1.165, 1.54) is 0 Å². The highest BCUT2D eigenvalue weighted by molar-refractivity contribution is 5.76. The Balaban J connectivity index is 1.88. The molecule has 1 aliphatic rings. The van der Waals surface area contributed by atoms with E-state index >= 15 is 0 Å². The molecule has 0 radical (unpaired) electrons. The molecular formula is C16H19NO3. The summed E-state index contributed by atoms with van der Waals surface area (Å²) in [6.45, 7) is 0.388. The molecule has 1 unspecified atom stereocenters. The molecule has 0 aliphatic heterocycles. The van der Waals surface area contributed by atoms with E-state index in [1.807, 2.05) is 18.2 Å². The van der Waals surface area contributed by atoms with Gasteiger partial charge in [0.2, 0.25) is 5.91 Å². The molecule has 1 aromatic rings. The number of benzene rings is 1. The van der Waals surface area contributed by atoms with Gasteiger partial charge in [-0.3, -0.25) is 9.59 Å². The highest BCUT2D eigenvalue weighted by Gasteiger charge is 2.14. The third kappa shape index (κ3) is 4.23. The molecular weight excluding hydrogens is 254 g/mol. The van der Waals surface area contributed by atoms with Gasteiger partial charge in [-0.05, 0) is 29.9 Å². The summed E-state index contributed by atoms with van der Waals surface area (Å²) in [6.07, 6.45) is 6.80. The second-order valence-corrected chi connectivity index (χ2v) is 5.09. The average molecular weight is 273 g/mol. The SMILES string of the molecule is O=C(O)Cc1ccccc1CNC(=O)CC1C=CCC1. The smallest absolute Gasteiger partial charge is 0.307 e. The summed E-state index contributed by atoms with van der Waals surface area (Å²) in [5.74, 6) is -0.490. The first kappa shape index (κ1) is 14.3. The number of carboxylic acid groups (broad SMARTS) is 1. The molecule has 0 fully saturated rings. The summed E-state index contributed by atoms with van der Waals surface area (Å²) < 4.78 is 0. The lowest BCUT2D eigenvalue weighted by Crippen LogP contribution is -2.25. The summed E-state index contributed by atoms with van der Waals surface area (Å²) >= 11 is 0. The number of hydrogen-bond acceptors (Lipinski definition) is 2. The highest BCUT2D eigenvalue weighted by Crippen LogP contribution is 2.20. The van der Waals surface area contributed by atoms with Crippen molar-refractivity contribution in [1.29, 1.82) is 0 Å². The molecule has 0 saturated carbocycles. The normalized spacial score (nSPS) is 17.1. The number of nitrogens with one attached hydrogen (secondary N) is 1. The number of aliphatic carboxylic acids is 1. The maximum Gasteiger partial charge on any atom is 0.307 e. The average Bonchev–Trinajstić information content (AvgIpc) is 2.90. The van der Waals surface area contributed by atoms with Gasteiger partial charge in [-0.1, -0.05) is 36.4 Å². The van der Waals surface area contributed by atoms with Crippen LogP contribution in [0.2, 0.25) is 0 Å². The molecule has 106 valence electrons. The lowest BCUT2D eigenvalue weighted by atomic mass is 10.0. The maximum absolute atomic E-state index is 11.8. The van der Waals surface area contributed by atoms with E-state index in [1.54, 1.807) is 6.07 Å². The fraction of sp³-hybridized carbons (Fsp3) is 0.375. The van der Waals surface area contributed by atoms with Gasteiger partial charge >= 0.3 is 5.97 Å². The van der Waals surface area contributed by atoms with Gasteiger partial charge in [0, 0.05) is 13.0 Å². The zero-order chi connectivity index (χ0) is 14.4. The molecule has 1 amide bonds. The topological polar surface area (TPSA) is 66.4 Å². The Bertz CT molecular complexity index is 522. The van der Waals surface area contributed by atoms with Crippen molar-refractivity contribution >= 4 is 11.9 Å². The van der Waals surface area contributed by atoms with Gasteiger partial charge in [0.15, 0.2) is 0 Å². The fourth-order valence-electron chi connectivity index (χ4n) is 2.43. The first-order valence-electron chi connectivity index (χ1n) is 6.87. The Hall–Kier alpha value is -2.10. The molecule has 1 aromatic carbocycles. The molecule has 4 nitrogen and oxygen atoms in total. The van der Waals surface area contributed by atoms with Crippen LogP contribution in [0, 0.1) is 5.92 Å². The maximum atomic E-state index is 11.8. The minimum Gasteiger partial charge on any atom is -0.481 e. The number of carbonyl (C=O) groups is 2. The number of allylic oxidation sites excluding steroid dienone is 2. The summed E-state index contributed by atoms with van der Waals surface area (Å²) in [5, 5.41) is 11.7. The van der Waals surface area contributed by atoms with Crippen molar-refractivity contribution in [3.8, 4) is 0 Å². The Morgan fingerprint density at radius 1 is 1.25 bits per heavy atom. The Kier molecular flexibility index (Phi) is 4.93. The second kappa shape index (κ2) is 6.89. The van der Waals surface area contributed by atoms with E-state index in [0.29, 0.717) is 18.9 Å². The van der Waals surface area contributed by atoms with Crippen LogP contribution in [-0.2, 0) is 22.6 Å². The van der Waals surface area contributed by atoms with Crippen LogP contribution in [0.5, 0.6) is 0 Å². The van der Waals surface area contributed by atoms with E-state index < -0.39 is 5.97 Å². The molecule has 0 bridgehead atoms. The Morgan fingerprint density at radius 3 is 2.65 bits per heavy atom. The van der Waals surface area contributed by atoms with Crippen LogP contribution in [0.3, 0.4) is 0 Å². The van der Waals surface area contributed by atoms with Crippen LogP contribution in [-0.4, -0.2) is 17.0 Å². The van der Waals surface area contributed by atoms with Crippen LogP contribution in [0.4, 0.5) is 0 Å². The molecule has 0 spiro atoms. The third-order valence-electron chi connectivity index (χ3n) is 3.50. The minimum absolute atomic E-state index is 0.0165. The highest BCUT2D eigenvalue weighted by atomic mass is 16.4. The quantitative estimate of drug-likeness (QED) is 0.781. The lowest BCUT2D eigenvalue weighted by molar-refractivity contribution is -0.136. The van der Waals surface area contributed by atoms with E-state index in [9.17, 15) is 9.59 Å². The third-order valence-corrected chi connectivity index (χ3v) is 3.50. The van der Waals surface area contributed by atoms with Crippen LogP contribution in [0.25, 0.3) is 0 Å². The van der Waals surface area contributed by atoms with Crippen molar-refractivity contribution in [2.24, 2.45) is 5.92 Å². The lowest BCUT2D eigenvalue weighted by Gasteiger charge is -2.11. The number of carboxylic acids is 1. The van der Waals surface area contributed by atoms with Crippen LogP contribution >= 0.6 is 0 Å². The van der Waals surface area contributed by atoms with Crippen molar-refractivity contribution in [3.05, 3.63) is 47.5 Å². The molecule has 0 saturated heterocycles. The van der Waals surface area contributed by atoms with Gasteiger partial charge in [-0.25, -0.2) is 0 Å². The monoisotopic (exact) mass is 273 g/mol. The number of carbonyl (C=O) groups excluding carboxylic acids is 1. The van der Waals surface area contributed by atoms with Crippen molar-refractivity contribution < 1.29 is 14.7 Å². The number of rotatable bonds is 6. The molecule has 4 heteroatoms.